The molecular formula is C30H34N2O5S. The highest BCUT2D eigenvalue weighted by atomic mass is 32.2. The summed E-state index contributed by atoms with van der Waals surface area (Å²) < 4.78 is 30.9. The molecule has 0 radical (unpaired) electrons. The SMILES string of the molecule is COCCCN1C(=O)c2cccc3c(CC(=O)C4CCCCN4CCS(=O)(=O)c4ccccc4)ccc1c23. The fourth-order valence-electron chi connectivity index (χ4n) is 5.76. The van der Waals surface area contributed by atoms with Gasteiger partial charge in [-0.25, -0.2) is 8.42 Å². The number of likely N-dealkylation sites (tertiary alicyclic amines) is 1. The number of anilines is 1. The van der Waals surface area contributed by atoms with Crippen LogP contribution in [0.1, 0.15) is 41.6 Å². The highest BCUT2D eigenvalue weighted by molar-refractivity contribution is 7.91. The van der Waals surface area contributed by atoms with Crippen molar-refractivity contribution in [2.75, 3.05) is 44.0 Å². The lowest BCUT2D eigenvalue weighted by molar-refractivity contribution is -0.124. The second-order valence-corrected chi connectivity index (χ2v) is 12.2. The number of nitrogens with zero attached hydrogens (tertiary/aromatic N) is 2. The quantitative estimate of drug-likeness (QED) is 0.342. The predicted molar refractivity (Wildman–Crippen MR) is 149 cm³/mol. The lowest BCUT2D eigenvalue weighted by Crippen LogP contribution is -2.47. The second-order valence-electron chi connectivity index (χ2n) is 10.1. The molecular weight excluding hydrogens is 500 g/mol. The van der Waals surface area contributed by atoms with Crippen LogP contribution in [0.4, 0.5) is 5.69 Å². The number of carbonyl (C=O) groups excluding carboxylic acids is 2. The first-order valence-electron chi connectivity index (χ1n) is 13.3. The van der Waals surface area contributed by atoms with Gasteiger partial charge in [0.2, 0.25) is 0 Å². The molecule has 1 saturated heterocycles. The van der Waals surface area contributed by atoms with Gasteiger partial charge in [0.25, 0.3) is 5.91 Å². The molecule has 1 fully saturated rings. The number of hydrogen-bond donors (Lipinski definition) is 0. The molecule has 200 valence electrons. The normalized spacial score (nSPS) is 17.9. The number of rotatable bonds is 11. The summed E-state index contributed by atoms with van der Waals surface area (Å²) in [5, 5.41) is 1.85. The van der Waals surface area contributed by atoms with Crippen molar-refractivity contribution >= 4 is 38.0 Å². The maximum atomic E-state index is 13.6. The molecule has 0 N–H and O–H groups in total. The van der Waals surface area contributed by atoms with E-state index >= 15 is 0 Å². The topological polar surface area (TPSA) is 84.0 Å². The third-order valence-electron chi connectivity index (χ3n) is 7.71. The molecule has 0 saturated carbocycles. The fourth-order valence-corrected chi connectivity index (χ4v) is 7.04. The summed E-state index contributed by atoms with van der Waals surface area (Å²) in [6.07, 6.45) is 3.64. The number of benzene rings is 3. The highest BCUT2D eigenvalue weighted by Crippen LogP contribution is 2.39. The Balaban J connectivity index is 1.34. The van der Waals surface area contributed by atoms with Crippen molar-refractivity contribution in [2.24, 2.45) is 0 Å². The molecule has 5 rings (SSSR count). The van der Waals surface area contributed by atoms with E-state index in [0.717, 1.165) is 54.3 Å². The van der Waals surface area contributed by atoms with Gasteiger partial charge in [0.15, 0.2) is 15.6 Å². The molecule has 1 atom stereocenters. The summed E-state index contributed by atoms with van der Waals surface area (Å²) in [7, 11) is -1.76. The Morgan fingerprint density at radius 3 is 2.61 bits per heavy atom. The van der Waals surface area contributed by atoms with E-state index in [-0.39, 0.29) is 29.9 Å². The van der Waals surface area contributed by atoms with Crippen molar-refractivity contribution in [1.29, 1.82) is 0 Å². The van der Waals surface area contributed by atoms with Crippen LogP contribution in [-0.4, -0.2) is 70.2 Å². The number of piperidine rings is 1. The van der Waals surface area contributed by atoms with Crippen molar-refractivity contribution in [3.05, 3.63) is 71.8 Å². The van der Waals surface area contributed by atoms with Crippen molar-refractivity contribution in [3.63, 3.8) is 0 Å². The third-order valence-corrected chi connectivity index (χ3v) is 9.42. The lowest BCUT2D eigenvalue weighted by atomic mass is 9.92. The van der Waals surface area contributed by atoms with E-state index in [1.165, 1.54) is 0 Å². The number of carbonyl (C=O) groups is 2. The molecule has 8 heteroatoms. The Morgan fingerprint density at radius 2 is 1.82 bits per heavy atom. The number of ether oxygens (including phenoxy) is 1. The number of methoxy groups -OCH3 is 1. The third kappa shape index (κ3) is 5.25. The summed E-state index contributed by atoms with van der Waals surface area (Å²) >= 11 is 0. The minimum Gasteiger partial charge on any atom is -0.385 e. The van der Waals surface area contributed by atoms with Gasteiger partial charge < -0.3 is 9.64 Å². The predicted octanol–water partition coefficient (Wildman–Crippen LogP) is 4.28. The Kier molecular flexibility index (Phi) is 7.93. The van der Waals surface area contributed by atoms with Crippen LogP contribution in [0.5, 0.6) is 0 Å². The number of hydrogen-bond acceptors (Lipinski definition) is 6. The summed E-state index contributed by atoms with van der Waals surface area (Å²) in [5.74, 6) is 0.0787. The van der Waals surface area contributed by atoms with Crippen LogP contribution in [0, 0.1) is 0 Å². The van der Waals surface area contributed by atoms with Gasteiger partial charge >= 0.3 is 0 Å². The molecule has 1 amide bonds. The van der Waals surface area contributed by atoms with E-state index < -0.39 is 9.84 Å². The van der Waals surface area contributed by atoms with E-state index in [9.17, 15) is 18.0 Å². The van der Waals surface area contributed by atoms with Crippen molar-refractivity contribution in [2.45, 2.75) is 43.0 Å². The van der Waals surface area contributed by atoms with Crippen LogP contribution < -0.4 is 4.90 Å². The van der Waals surface area contributed by atoms with E-state index in [2.05, 4.69) is 0 Å². The van der Waals surface area contributed by atoms with Gasteiger partial charge in [-0.2, -0.15) is 0 Å². The Bertz CT molecular complexity index is 1440. The highest BCUT2D eigenvalue weighted by Gasteiger charge is 2.32. The standard InChI is InChI=1S/C30H34N2O5S/c1-37-19-8-17-32-27-15-14-22(24-11-7-12-25(29(24)27)30(32)34)21-28(33)26-13-5-6-16-31(26)18-20-38(35,36)23-9-3-2-4-10-23/h2-4,7,9-12,14-15,26H,5-6,8,13,16-21H2,1H3. The second kappa shape index (κ2) is 11.4. The maximum Gasteiger partial charge on any atom is 0.258 e. The molecule has 0 aromatic heterocycles. The molecule has 2 aliphatic heterocycles. The molecule has 3 aromatic rings. The van der Waals surface area contributed by atoms with Gasteiger partial charge in [-0.3, -0.25) is 14.5 Å². The van der Waals surface area contributed by atoms with Crippen molar-refractivity contribution < 1.29 is 22.7 Å². The van der Waals surface area contributed by atoms with E-state index in [1.54, 1.807) is 42.3 Å². The van der Waals surface area contributed by atoms with Crippen LogP contribution in [0.2, 0.25) is 0 Å². The van der Waals surface area contributed by atoms with E-state index in [4.69, 9.17) is 4.74 Å². The van der Waals surface area contributed by atoms with Crippen LogP contribution >= 0.6 is 0 Å². The summed E-state index contributed by atoms with van der Waals surface area (Å²) in [5.41, 5.74) is 2.47. The van der Waals surface area contributed by atoms with Crippen LogP contribution in [0.25, 0.3) is 10.8 Å². The van der Waals surface area contributed by atoms with Gasteiger partial charge in [0, 0.05) is 44.2 Å². The fraction of sp³-hybridized carbons (Fsp3) is 0.400. The zero-order valence-corrected chi connectivity index (χ0v) is 22.6. The van der Waals surface area contributed by atoms with Gasteiger partial charge in [-0.15, -0.1) is 0 Å². The minimum atomic E-state index is -3.42. The number of ketones is 1. The summed E-state index contributed by atoms with van der Waals surface area (Å²) in [6.45, 7) is 2.22. The molecule has 0 spiro atoms. The van der Waals surface area contributed by atoms with E-state index in [1.807, 2.05) is 35.2 Å². The average molecular weight is 535 g/mol. The molecule has 2 aliphatic rings. The largest absolute Gasteiger partial charge is 0.385 e. The Hall–Kier alpha value is -3.07. The summed E-state index contributed by atoms with van der Waals surface area (Å²) in [4.78, 5) is 30.9. The van der Waals surface area contributed by atoms with Crippen LogP contribution in [0.15, 0.2) is 65.6 Å². The van der Waals surface area contributed by atoms with Gasteiger partial charge in [-0.05, 0) is 61.0 Å². The van der Waals surface area contributed by atoms with Gasteiger partial charge in [0.1, 0.15) is 0 Å². The maximum absolute atomic E-state index is 13.6. The van der Waals surface area contributed by atoms with E-state index in [0.29, 0.717) is 30.2 Å². The number of Topliss-reactive ketones (excluding diaryl/α,β-unsaturated/α-hetero) is 1. The van der Waals surface area contributed by atoms with Crippen molar-refractivity contribution in [3.8, 4) is 0 Å². The zero-order chi connectivity index (χ0) is 26.7. The minimum absolute atomic E-state index is 0.0109. The summed E-state index contributed by atoms with van der Waals surface area (Å²) in [6, 6.07) is 17.8. The number of sulfone groups is 1. The Morgan fingerprint density at radius 1 is 1.00 bits per heavy atom. The molecule has 1 unspecified atom stereocenters. The smallest absolute Gasteiger partial charge is 0.258 e. The molecule has 38 heavy (non-hydrogen) atoms. The van der Waals surface area contributed by atoms with Gasteiger partial charge in [-0.1, -0.05) is 42.8 Å². The average Bonchev–Trinajstić information content (AvgIpc) is 3.21. The Labute approximate surface area is 224 Å². The zero-order valence-electron chi connectivity index (χ0n) is 21.8. The number of amides is 1. The van der Waals surface area contributed by atoms with Crippen LogP contribution in [0.3, 0.4) is 0 Å². The molecule has 7 nitrogen and oxygen atoms in total. The monoisotopic (exact) mass is 534 g/mol. The first kappa shape index (κ1) is 26.5. The molecule has 3 aromatic carbocycles. The first-order chi connectivity index (χ1) is 18.4. The lowest BCUT2D eigenvalue weighted by Gasteiger charge is -2.34. The molecule has 0 aliphatic carbocycles. The van der Waals surface area contributed by atoms with Crippen molar-refractivity contribution in [1.82, 2.24) is 4.90 Å². The van der Waals surface area contributed by atoms with Crippen LogP contribution in [-0.2, 0) is 25.8 Å². The molecule has 0 bridgehead atoms. The van der Waals surface area contributed by atoms with Gasteiger partial charge in [0.05, 0.1) is 22.4 Å². The first-order valence-corrected chi connectivity index (χ1v) is 15.0. The molecule has 2 heterocycles.